The molecule has 5 nitrogen and oxygen atoms in total. The van der Waals surface area contributed by atoms with Crippen LogP contribution in [0.3, 0.4) is 0 Å². The molecule has 19 heavy (non-hydrogen) atoms. The van der Waals surface area contributed by atoms with Gasteiger partial charge < -0.3 is 14.8 Å². The van der Waals surface area contributed by atoms with E-state index in [0.717, 1.165) is 0 Å². The molecule has 0 radical (unpaired) electrons. The van der Waals surface area contributed by atoms with Crippen molar-refractivity contribution in [3.63, 3.8) is 0 Å². The second-order valence-electron chi connectivity index (χ2n) is 3.38. The maximum Gasteiger partial charge on any atom is 0.350 e. The lowest BCUT2D eigenvalue weighted by atomic mass is 10.3. The van der Waals surface area contributed by atoms with Crippen molar-refractivity contribution in [1.82, 2.24) is 0 Å². The smallest absolute Gasteiger partial charge is 0.350 e. The van der Waals surface area contributed by atoms with Crippen molar-refractivity contribution in [2.45, 2.75) is 6.92 Å². The number of nitriles is 1. The van der Waals surface area contributed by atoms with Crippen LogP contribution >= 0.6 is 11.6 Å². The lowest BCUT2D eigenvalue weighted by Crippen LogP contribution is -2.07. The zero-order valence-electron chi connectivity index (χ0n) is 10.6. The molecule has 0 spiro atoms. The monoisotopic (exact) mass is 280 g/mol. The molecule has 0 saturated heterocycles. The highest BCUT2D eigenvalue weighted by atomic mass is 35.5. The Morgan fingerprint density at radius 1 is 1.58 bits per heavy atom. The number of carbonyl (C=O) groups is 1. The molecule has 0 aromatic heterocycles. The molecular formula is C13H13ClN2O3. The van der Waals surface area contributed by atoms with Gasteiger partial charge in [0.1, 0.15) is 11.8 Å². The van der Waals surface area contributed by atoms with E-state index in [1.165, 1.54) is 13.3 Å². The predicted molar refractivity (Wildman–Crippen MR) is 72.0 cm³/mol. The summed E-state index contributed by atoms with van der Waals surface area (Å²) < 4.78 is 9.74. The van der Waals surface area contributed by atoms with Crippen LogP contribution in [0.25, 0.3) is 0 Å². The number of nitrogens with zero attached hydrogens (tertiary/aromatic N) is 1. The number of halogens is 1. The quantitative estimate of drug-likeness (QED) is 0.510. The van der Waals surface area contributed by atoms with Crippen LogP contribution in [0.2, 0.25) is 5.02 Å². The first-order chi connectivity index (χ1) is 9.12. The van der Waals surface area contributed by atoms with Crippen LogP contribution in [0.5, 0.6) is 5.75 Å². The van der Waals surface area contributed by atoms with Gasteiger partial charge in [0.25, 0.3) is 0 Å². The van der Waals surface area contributed by atoms with Crippen LogP contribution in [0.4, 0.5) is 5.69 Å². The van der Waals surface area contributed by atoms with Crippen molar-refractivity contribution < 1.29 is 14.3 Å². The number of anilines is 1. The number of hydrogen-bond donors (Lipinski definition) is 1. The third-order valence-corrected chi connectivity index (χ3v) is 2.45. The number of rotatable bonds is 5. The summed E-state index contributed by atoms with van der Waals surface area (Å²) in [6.45, 7) is 1.88. The highest BCUT2D eigenvalue weighted by Crippen LogP contribution is 2.27. The molecule has 0 fully saturated rings. The van der Waals surface area contributed by atoms with Gasteiger partial charge in [-0.2, -0.15) is 5.26 Å². The normalized spacial score (nSPS) is 10.5. The number of methoxy groups -OCH3 is 1. The number of esters is 1. The Kier molecular flexibility index (Phi) is 5.71. The fourth-order valence-electron chi connectivity index (χ4n) is 1.26. The number of nitrogens with one attached hydrogen (secondary N) is 1. The van der Waals surface area contributed by atoms with Gasteiger partial charge in [-0.15, -0.1) is 0 Å². The van der Waals surface area contributed by atoms with E-state index in [1.807, 2.05) is 0 Å². The topological polar surface area (TPSA) is 71.4 Å². The average molecular weight is 281 g/mol. The van der Waals surface area contributed by atoms with Gasteiger partial charge in [0.05, 0.1) is 18.7 Å². The third kappa shape index (κ3) is 4.19. The van der Waals surface area contributed by atoms with Gasteiger partial charge in [0.15, 0.2) is 5.57 Å². The summed E-state index contributed by atoms with van der Waals surface area (Å²) in [5.41, 5.74) is 0.511. The third-order valence-electron chi connectivity index (χ3n) is 2.15. The first kappa shape index (κ1) is 14.9. The summed E-state index contributed by atoms with van der Waals surface area (Å²) in [5, 5.41) is 12.1. The van der Waals surface area contributed by atoms with Gasteiger partial charge in [-0.05, 0) is 25.1 Å². The molecular weight excluding hydrogens is 268 g/mol. The van der Waals surface area contributed by atoms with Crippen LogP contribution in [0, 0.1) is 11.3 Å². The van der Waals surface area contributed by atoms with Crippen molar-refractivity contribution >= 4 is 23.3 Å². The van der Waals surface area contributed by atoms with Crippen molar-refractivity contribution in [1.29, 1.82) is 5.26 Å². The second kappa shape index (κ2) is 7.29. The first-order valence-corrected chi connectivity index (χ1v) is 5.87. The van der Waals surface area contributed by atoms with Crippen LogP contribution in [-0.4, -0.2) is 19.7 Å². The van der Waals surface area contributed by atoms with Gasteiger partial charge in [-0.3, -0.25) is 0 Å². The Morgan fingerprint density at radius 2 is 2.32 bits per heavy atom. The van der Waals surface area contributed by atoms with Gasteiger partial charge in [0.2, 0.25) is 0 Å². The van der Waals surface area contributed by atoms with Gasteiger partial charge in [0, 0.05) is 11.9 Å². The summed E-state index contributed by atoms with van der Waals surface area (Å²) in [4.78, 5) is 11.4. The fourth-order valence-corrected chi connectivity index (χ4v) is 1.52. The highest BCUT2D eigenvalue weighted by Gasteiger charge is 2.09. The van der Waals surface area contributed by atoms with E-state index in [4.69, 9.17) is 26.3 Å². The number of hydrogen-bond acceptors (Lipinski definition) is 5. The molecule has 0 heterocycles. The largest absolute Gasteiger partial charge is 0.495 e. The molecule has 0 aliphatic rings. The molecule has 1 aromatic carbocycles. The number of ether oxygens (including phenoxy) is 2. The molecule has 1 N–H and O–H groups in total. The molecule has 6 heteroatoms. The average Bonchev–Trinajstić information content (AvgIpc) is 2.40. The van der Waals surface area contributed by atoms with Crippen LogP contribution in [-0.2, 0) is 9.53 Å². The molecule has 0 unspecified atom stereocenters. The van der Waals surface area contributed by atoms with E-state index in [9.17, 15) is 4.79 Å². The minimum atomic E-state index is -0.669. The summed E-state index contributed by atoms with van der Waals surface area (Å²) in [5.74, 6) is -0.126. The van der Waals surface area contributed by atoms with Crippen molar-refractivity contribution in [3.05, 3.63) is 35.0 Å². The SMILES string of the molecule is CCOC(=O)/C(C#N)=C/Nc1ccc(OC)c(Cl)c1. The molecule has 0 aliphatic heterocycles. The van der Waals surface area contributed by atoms with Crippen molar-refractivity contribution in [2.24, 2.45) is 0 Å². The van der Waals surface area contributed by atoms with Gasteiger partial charge in [-0.1, -0.05) is 11.6 Å². The molecule has 1 rings (SSSR count). The van der Waals surface area contributed by atoms with Crippen LogP contribution in [0.15, 0.2) is 30.0 Å². The van der Waals surface area contributed by atoms with E-state index in [-0.39, 0.29) is 12.2 Å². The number of benzene rings is 1. The molecule has 0 bridgehead atoms. The second-order valence-corrected chi connectivity index (χ2v) is 3.79. The van der Waals surface area contributed by atoms with E-state index in [2.05, 4.69) is 5.32 Å². The van der Waals surface area contributed by atoms with E-state index >= 15 is 0 Å². The Bertz CT molecular complexity index is 535. The molecule has 0 atom stereocenters. The standard InChI is InChI=1S/C13H13ClN2O3/c1-3-19-13(17)9(7-15)8-16-10-4-5-12(18-2)11(14)6-10/h4-6,8,16H,3H2,1-2H3/b9-8+. The summed E-state index contributed by atoms with van der Waals surface area (Å²) >= 11 is 5.95. The van der Waals surface area contributed by atoms with Crippen molar-refractivity contribution in [2.75, 3.05) is 19.0 Å². The summed E-state index contributed by atoms with van der Waals surface area (Å²) in [7, 11) is 1.52. The Hall–Kier alpha value is -2.19. The Balaban J connectivity index is 2.82. The Labute approximate surface area is 116 Å². The van der Waals surface area contributed by atoms with Crippen LogP contribution < -0.4 is 10.1 Å². The lowest BCUT2D eigenvalue weighted by Gasteiger charge is -2.06. The molecule has 0 saturated carbocycles. The lowest BCUT2D eigenvalue weighted by molar-refractivity contribution is -0.138. The summed E-state index contributed by atoms with van der Waals surface area (Å²) in [6, 6.07) is 6.77. The fraction of sp³-hybridized carbons (Fsp3) is 0.231. The molecule has 100 valence electrons. The minimum Gasteiger partial charge on any atom is -0.495 e. The zero-order chi connectivity index (χ0) is 14.3. The van der Waals surface area contributed by atoms with E-state index in [1.54, 1.807) is 31.2 Å². The molecule has 1 aromatic rings. The minimum absolute atomic E-state index is 0.117. The first-order valence-electron chi connectivity index (χ1n) is 5.49. The van der Waals surface area contributed by atoms with Crippen molar-refractivity contribution in [3.8, 4) is 11.8 Å². The zero-order valence-corrected chi connectivity index (χ0v) is 11.3. The maximum absolute atomic E-state index is 11.4. The number of carbonyl (C=O) groups excluding carboxylic acids is 1. The highest BCUT2D eigenvalue weighted by molar-refractivity contribution is 6.32. The molecule has 0 aliphatic carbocycles. The maximum atomic E-state index is 11.4. The van der Waals surface area contributed by atoms with Gasteiger partial charge >= 0.3 is 5.97 Å². The van der Waals surface area contributed by atoms with E-state index in [0.29, 0.717) is 16.5 Å². The van der Waals surface area contributed by atoms with Crippen LogP contribution in [0.1, 0.15) is 6.92 Å². The Morgan fingerprint density at radius 3 is 2.84 bits per heavy atom. The van der Waals surface area contributed by atoms with Gasteiger partial charge in [-0.25, -0.2) is 4.79 Å². The summed E-state index contributed by atoms with van der Waals surface area (Å²) in [6.07, 6.45) is 1.27. The predicted octanol–water partition coefficient (Wildman–Crippen LogP) is 2.73. The van der Waals surface area contributed by atoms with E-state index < -0.39 is 5.97 Å². The molecule has 0 amide bonds.